The second kappa shape index (κ2) is 3.16. The van der Waals surface area contributed by atoms with Gasteiger partial charge in [0.05, 0.1) is 0 Å². The van der Waals surface area contributed by atoms with Crippen LogP contribution in [0.1, 0.15) is 39.0 Å². The molecule has 0 N–H and O–H groups in total. The highest BCUT2D eigenvalue weighted by molar-refractivity contribution is 5.84. The van der Waals surface area contributed by atoms with Crippen LogP contribution in [0, 0.1) is 5.41 Å². The van der Waals surface area contributed by atoms with Crippen LogP contribution in [0.25, 0.3) is 0 Å². The Kier molecular flexibility index (Phi) is 2.42. The monoisotopic (exact) mass is 154 g/mol. The Hall–Kier alpha value is -0.660. The molecule has 0 bridgehead atoms. The number of rotatable bonds is 3. The maximum absolute atomic E-state index is 11.2. The van der Waals surface area contributed by atoms with E-state index in [2.05, 4.69) is 0 Å². The second-order valence-electron chi connectivity index (χ2n) is 3.41. The maximum Gasteiger partial charge on any atom is 0.136 e. The summed E-state index contributed by atoms with van der Waals surface area (Å²) in [4.78, 5) is 21.5. The van der Waals surface area contributed by atoms with Crippen LogP contribution in [0.3, 0.4) is 0 Å². The molecule has 1 rings (SSSR count). The highest BCUT2D eigenvalue weighted by Gasteiger charge is 2.37. The summed E-state index contributed by atoms with van der Waals surface area (Å²) >= 11 is 0. The highest BCUT2D eigenvalue weighted by Crippen LogP contribution is 2.40. The molecule has 1 saturated carbocycles. The molecule has 1 aliphatic rings. The molecule has 1 fully saturated rings. The molecule has 0 radical (unpaired) electrons. The average Bonchev–Trinajstić information content (AvgIpc) is 2.38. The predicted molar refractivity (Wildman–Crippen MR) is 42.3 cm³/mol. The van der Waals surface area contributed by atoms with Crippen molar-refractivity contribution in [2.75, 3.05) is 0 Å². The molecule has 0 saturated heterocycles. The van der Waals surface area contributed by atoms with E-state index in [0.29, 0.717) is 6.42 Å². The third-order valence-electron chi connectivity index (χ3n) is 2.78. The summed E-state index contributed by atoms with van der Waals surface area (Å²) in [5, 5.41) is 0. The van der Waals surface area contributed by atoms with Gasteiger partial charge in [0.2, 0.25) is 0 Å². The van der Waals surface area contributed by atoms with E-state index >= 15 is 0 Å². The Morgan fingerprint density at radius 3 is 2.36 bits per heavy atom. The summed E-state index contributed by atoms with van der Waals surface area (Å²) in [6, 6.07) is 0. The average molecular weight is 154 g/mol. The summed E-state index contributed by atoms with van der Waals surface area (Å²) in [5.74, 6) is 0.196. The van der Waals surface area contributed by atoms with E-state index in [0.717, 1.165) is 32.0 Å². The molecule has 11 heavy (non-hydrogen) atoms. The molecule has 0 aromatic heterocycles. The van der Waals surface area contributed by atoms with Crippen molar-refractivity contribution in [2.24, 2.45) is 5.41 Å². The lowest BCUT2D eigenvalue weighted by atomic mass is 9.80. The Morgan fingerprint density at radius 2 is 2.00 bits per heavy atom. The van der Waals surface area contributed by atoms with Crippen molar-refractivity contribution < 1.29 is 9.59 Å². The fourth-order valence-electron chi connectivity index (χ4n) is 1.91. The molecule has 1 aliphatic carbocycles. The molecular weight excluding hydrogens is 140 g/mol. The lowest BCUT2D eigenvalue weighted by Gasteiger charge is -2.22. The Balaban J connectivity index is 2.69. The van der Waals surface area contributed by atoms with Gasteiger partial charge in [-0.2, -0.15) is 0 Å². The maximum atomic E-state index is 11.2. The van der Waals surface area contributed by atoms with Crippen LogP contribution in [0.15, 0.2) is 0 Å². The van der Waals surface area contributed by atoms with Crippen LogP contribution in [0.4, 0.5) is 0 Å². The van der Waals surface area contributed by atoms with Gasteiger partial charge in [0.1, 0.15) is 12.1 Å². The summed E-state index contributed by atoms with van der Waals surface area (Å²) in [5.41, 5.74) is -0.262. The molecule has 2 nitrogen and oxygen atoms in total. The molecule has 0 aromatic rings. The Bertz CT molecular complexity index is 166. The first-order valence-electron chi connectivity index (χ1n) is 4.16. The predicted octanol–water partition coefficient (Wildman–Crippen LogP) is 1.72. The zero-order valence-electron chi connectivity index (χ0n) is 6.93. The molecular formula is C9H14O2. The van der Waals surface area contributed by atoms with E-state index in [1.807, 2.05) is 0 Å². The van der Waals surface area contributed by atoms with E-state index in [-0.39, 0.29) is 11.2 Å². The van der Waals surface area contributed by atoms with Crippen LogP contribution in [0.2, 0.25) is 0 Å². The molecule has 2 heteroatoms. The first-order chi connectivity index (χ1) is 5.21. The number of aldehydes is 1. The van der Waals surface area contributed by atoms with Gasteiger partial charge in [-0.05, 0) is 19.8 Å². The van der Waals surface area contributed by atoms with Gasteiger partial charge in [-0.1, -0.05) is 12.8 Å². The minimum Gasteiger partial charge on any atom is -0.303 e. The minimum absolute atomic E-state index is 0.196. The van der Waals surface area contributed by atoms with E-state index in [1.54, 1.807) is 6.92 Å². The third-order valence-corrected chi connectivity index (χ3v) is 2.78. The van der Waals surface area contributed by atoms with Gasteiger partial charge >= 0.3 is 0 Å². The zero-order chi connectivity index (χ0) is 8.32. The molecule has 0 spiro atoms. The van der Waals surface area contributed by atoms with Gasteiger partial charge in [-0.25, -0.2) is 0 Å². The summed E-state index contributed by atoms with van der Waals surface area (Å²) < 4.78 is 0. The molecule has 0 heterocycles. The van der Waals surface area contributed by atoms with Gasteiger partial charge < -0.3 is 4.79 Å². The van der Waals surface area contributed by atoms with Crippen molar-refractivity contribution in [3.8, 4) is 0 Å². The van der Waals surface area contributed by atoms with Crippen molar-refractivity contribution in [3.63, 3.8) is 0 Å². The number of hydrogen-bond donors (Lipinski definition) is 0. The first kappa shape index (κ1) is 8.44. The molecule has 0 aromatic carbocycles. The van der Waals surface area contributed by atoms with Gasteiger partial charge in [0.15, 0.2) is 0 Å². The molecule has 0 amide bonds. The topological polar surface area (TPSA) is 34.1 Å². The van der Waals surface area contributed by atoms with E-state index in [4.69, 9.17) is 0 Å². The van der Waals surface area contributed by atoms with Crippen LogP contribution in [-0.2, 0) is 9.59 Å². The van der Waals surface area contributed by atoms with Crippen molar-refractivity contribution in [2.45, 2.75) is 39.0 Å². The Morgan fingerprint density at radius 1 is 1.45 bits per heavy atom. The van der Waals surface area contributed by atoms with Crippen molar-refractivity contribution in [1.82, 2.24) is 0 Å². The summed E-state index contributed by atoms with van der Waals surface area (Å²) in [6.45, 7) is 1.61. The molecule has 0 unspecified atom stereocenters. The Labute approximate surface area is 67.0 Å². The standard InChI is InChI=1S/C9H14O2/c1-8(11)9(6-7-10)4-2-3-5-9/h7H,2-6H2,1H3. The SMILES string of the molecule is CC(=O)C1(CC=O)CCCC1. The van der Waals surface area contributed by atoms with Crippen molar-refractivity contribution in [1.29, 1.82) is 0 Å². The molecule has 0 aliphatic heterocycles. The van der Waals surface area contributed by atoms with Crippen LogP contribution in [-0.4, -0.2) is 12.1 Å². The van der Waals surface area contributed by atoms with Gasteiger partial charge in [0, 0.05) is 11.8 Å². The largest absolute Gasteiger partial charge is 0.303 e. The van der Waals surface area contributed by atoms with Crippen LogP contribution < -0.4 is 0 Å². The second-order valence-corrected chi connectivity index (χ2v) is 3.41. The van der Waals surface area contributed by atoms with Crippen molar-refractivity contribution in [3.05, 3.63) is 0 Å². The quantitative estimate of drug-likeness (QED) is 0.580. The molecule has 0 atom stereocenters. The van der Waals surface area contributed by atoms with E-state index in [1.165, 1.54) is 0 Å². The fraction of sp³-hybridized carbons (Fsp3) is 0.778. The van der Waals surface area contributed by atoms with Gasteiger partial charge in [0.25, 0.3) is 0 Å². The zero-order valence-corrected chi connectivity index (χ0v) is 6.93. The number of carbonyl (C=O) groups excluding carboxylic acids is 2. The number of hydrogen-bond acceptors (Lipinski definition) is 2. The lowest BCUT2D eigenvalue weighted by molar-refractivity contribution is -0.129. The highest BCUT2D eigenvalue weighted by atomic mass is 16.1. The first-order valence-corrected chi connectivity index (χ1v) is 4.16. The van der Waals surface area contributed by atoms with Crippen LogP contribution >= 0.6 is 0 Å². The summed E-state index contributed by atoms with van der Waals surface area (Å²) in [6.07, 6.45) is 5.36. The van der Waals surface area contributed by atoms with Gasteiger partial charge in [-0.15, -0.1) is 0 Å². The van der Waals surface area contributed by atoms with Crippen molar-refractivity contribution >= 4 is 12.1 Å². The third kappa shape index (κ3) is 1.50. The normalized spacial score (nSPS) is 21.5. The smallest absolute Gasteiger partial charge is 0.136 e. The van der Waals surface area contributed by atoms with E-state index < -0.39 is 0 Å². The van der Waals surface area contributed by atoms with Gasteiger partial charge in [-0.3, -0.25) is 4.79 Å². The lowest BCUT2D eigenvalue weighted by Crippen LogP contribution is -2.25. The molecule has 62 valence electrons. The van der Waals surface area contributed by atoms with E-state index in [9.17, 15) is 9.59 Å². The van der Waals surface area contributed by atoms with Crippen LogP contribution in [0.5, 0.6) is 0 Å². The fourth-order valence-corrected chi connectivity index (χ4v) is 1.91. The number of ketones is 1. The minimum atomic E-state index is -0.262. The summed E-state index contributed by atoms with van der Waals surface area (Å²) in [7, 11) is 0. The number of Topliss-reactive ketones (excluding diaryl/α,β-unsaturated/α-hetero) is 1. The number of carbonyl (C=O) groups is 2.